The smallest absolute Gasteiger partial charge is 0.160 e. The van der Waals surface area contributed by atoms with Crippen molar-refractivity contribution in [2.24, 2.45) is 0 Å². The molecule has 3 aromatic rings. The number of aromatic nitrogens is 1. The summed E-state index contributed by atoms with van der Waals surface area (Å²) in [6, 6.07) is 13.1. The molecule has 0 spiro atoms. The van der Waals surface area contributed by atoms with E-state index in [1.165, 1.54) is 7.11 Å². The van der Waals surface area contributed by atoms with Crippen molar-refractivity contribution in [3.63, 3.8) is 0 Å². The van der Waals surface area contributed by atoms with Crippen molar-refractivity contribution in [2.75, 3.05) is 14.2 Å². The van der Waals surface area contributed by atoms with Gasteiger partial charge in [0.25, 0.3) is 0 Å². The normalized spacial score (nSPS) is 10.7. The molecule has 3 rings (SSSR count). The third-order valence-corrected chi connectivity index (χ3v) is 3.70. The van der Waals surface area contributed by atoms with Crippen LogP contribution in [0.5, 0.6) is 17.2 Å². The molecule has 0 saturated heterocycles. The Morgan fingerprint density at radius 1 is 0.955 bits per heavy atom. The molecule has 0 aliphatic heterocycles. The fourth-order valence-electron chi connectivity index (χ4n) is 2.55. The number of aryl methyl sites for hydroxylation is 1. The Balaban J connectivity index is 2.21. The lowest BCUT2D eigenvalue weighted by Crippen LogP contribution is -1.93. The third-order valence-electron chi connectivity index (χ3n) is 3.70. The van der Waals surface area contributed by atoms with Gasteiger partial charge in [-0.1, -0.05) is 12.1 Å². The molecule has 0 aliphatic rings. The van der Waals surface area contributed by atoms with Crippen LogP contribution in [0.3, 0.4) is 0 Å². The molecule has 112 valence electrons. The van der Waals surface area contributed by atoms with Crippen molar-refractivity contribution in [1.29, 1.82) is 0 Å². The lowest BCUT2D eigenvalue weighted by molar-refractivity contribution is 0.373. The first-order valence-corrected chi connectivity index (χ1v) is 6.95. The molecule has 0 bridgehead atoms. The number of phenols is 1. The number of fused-ring (bicyclic) bond motifs is 1. The van der Waals surface area contributed by atoms with Gasteiger partial charge in [-0.15, -0.1) is 0 Å². The van der Waals surface area contributed by atoms with Gasteiger partial charge in [0.1, 0.15) is 11.3 Å². The third kappa shape index (κ3) is 2.33. The van der Waals surface area contributed by atoms with Crippen molar-refractivity contribution in [3.05, 3.63) is 48.0 Å². The van der Waals surface area contributed by atoms with Crippen LogP contribution in [0.4, 0.5) is 0 Å². The van der Waals surface area contributed by atoms with E-state index in [0.29, 0.717) is 5.75 Å². The summed E-state index contributed by atoms with van der Waals surface area (Å²) in [5.74, 6) is 1.28. The number of rotatable bonds is 3. The van der Waals surface area contributed by atoms with E-state index in [4.69, 9.17) is 14.5 Å². The Kier molecular flexibility index (Phi) is 3.59. The summed E-state index contributed by atoms with van der Waals surface area (Å²) in [5.41, 5.74) is 3.53. The van der Waals surface area contributed by atoms with E-state index in [0.717, 1.165) is 33.5 Å². The van der Waals surface area contributed by atoms with Gasteiger partial charge in [0.15, 0.2) is 11.5 Å². The highest BCUT2D eigenvalue weighted by molar-refractivity contribution is 5.89. The highest BCUT2D eigenvalue weighted by atomic mass is 16.5. The van der Waals surface area contributed by atoms with E-state index in [9.17, 15) is 5.11 Å². The first kappa shape index (κ1) is 14.2. The molecular formula is C18H17NO3. The van der Waals surface area contributed by atoms with Crippen molar-refractivity contribution in [2.45, 2.75) is 6.92 Å². The molecule has 1 aromatic heterocycles. The lowest BCUT2D eigenvalue weighted by Gasteiger charge is -2.11. The minimum atomic E-state index is 0.0968. The zero-order valence-corrected chi connectivity index (χ0v) is 12.8. The van der Waals surface area contributed by atoms with Gasteiger partial charge in [-0.05, 0) is 42.8 Å². The zero-order chi connectivity index (χ0) is 15.7. The minimum Gasteiger partial charge on any atom is -0.504 e. The molecule has 4 nitrogen and oxygen atoms in total. The van der Waals surface area contributed by atoms with Gasteiger partial charge in [0.2, 0.25) is 0 Å². The summed E-state index contributed by atoms with van der Waals surface area (Å²) < 4.78 is 10.5. The van der Waals surface area contributed by atoms with Gasteiger partial charge < -0.3 is 14.6 Å². The summed E-state index contributed by atoms with van der Waals surface area (Å²) >= 11 is 0. The Labute approximate surface area is 129 Å². The number of hydrogen-bond donors (Lipinski definition) is 1. The average molecular weight is 295 g/mol. The fourth-order valence-corrected chi connectivity index (χ4v) is 2.55. The van der Waals surface area contributed by atoms with E-state index in [-0.39, 0.29) is 5.75 Å². The fraction of sp³-hybridized carbons (Fsp3) is 0.167. The van der Waals surface area contributed by atoms with Gasteiger partial charge in [0, 0.05) is 10.9 Å². The maximum atomic E-state index is 9.96. The number of ether oxygens (including phenoxy) is 2. The number of hydrogen-bond acceptors (Lipinski definition) is 4. The van der Waals surface area contributed by atoms with E-state index in [1.54, 1.807) is 19.2 Å². The molecule has 0 saturated carbocycles. The molecule has 2 aromatic carbocycles. The number of benzene rings is 2. The molecule has 1 heterocycles. The zero-order valence-electron chi connectivity index (χ0n) is 12.8. The average Bonchev–Trinajstić information content (AvgIpc) is 2.54. The Hall–Kier alpha value is -2.75. The predicted octanol–water partition coefficient (Wildman–Crippen LogP) is 3.93. The SMILES string of the molecule is COc1ccc(-c2cc(C)c3cccc(OC)c3n2)cc1O. The summed E-state index contributed by atoms with van der Waals surface area (Å²) in [4.78, 5) is 4.70. The molecule has 0 radical (unpaired) electrons. The minimum absolute atomic E-state index is 0.0968. The van der Waals surface area contributed by atoms with E-state index in [2.05, 4.69) is 0 Å². The first-order chi connectivity index (χ1) is 10.6. The Morgan fingerprint density at radius 2 is 1.73 bits per heavy atom. The first-order valence-electron chi connectivity index (χ1n) is 6.95. The van der Waals surface area contributed by atoms with E-state index in [1.807, 2.05) is 37.3 Å². The summed E-state index contributed by atoms with van der Waals surface area (Å²) in [5, 5.41) is 11.0. The number of nitrogens with zero attached hydrogens (tertiary/aromatic N) is 1. The molecule has 0 fully saturated rings. The second kappa shape index (κ2) is 5.56. The number of methoxy groups -OCH3 is 2. The second-order valence-electron chi connectivity index (χ2n) is 5.07. The van der Waals surface area contributed by atoms with Crippen molar-refractivity contribution < 1.29 is 14.6 Å². The van der Waals surface area contributed by atoms with Crippen LogP contribution in [-0.2, 0) is 0 Å². The second-order valence-corrected chi connectivity index (χ2v) is 5.07. The maximum Gasteiger partial charge on any atom is 0.160 e. The van der Waals surface area contributed by atoms with Gasteiger partial charge in [-0.25, -0.2) is 4.98 Å². The molecule has 0 aliphatic carbocycles. The molecule has 1 N–H and O–H groups in total. The topological polar surface area (TPSA) is 51.6 Å². The van der Waals surface area contributed by atoms with E-state index < -0.39 is 0 Å². The van der Waals surface area contributed by atoms with Crippen LogP contribution in [0, 0.1) is 6.92 Å². The molecule has 4 heteroatoms. The lowest BCUT2D eigenvalue weighted by atomic mass is 10.0. The number of aromatic hydroxyl groups is 1. The van der Waals surface area contributed by atoms with Crippen LogP contribution in [0.1, 0.15) is 5.56 Å². The van der Waals surface area contributed by atoms with Crippen molar-refractivity contribution >= 4 is 10.9 Å². The predicted molar refractivity (Wildman–Crippen MR) is 86.7 cm³/mol. The number of pyridine rings is 1. The summed E-state index contributed by atoms with van der Waals surface area (Å²) in [7, 11) is 3.16. The Bertz CT molecular complexity index is 843. The van der Waals surface area contributed by atoms with Gasteiger partial charge in [0.05, 0.1) is 19.9 Å². The van der Waals surface area contributed by atoms with Crippen molar-refractivity contribution in [3.8, 4) is 28.5 Å². The molecule has 0 amide bonds. The largest absolute Gasteiger partial charge is 0.504 e. The van der Waals surface area contributed by atoms with E-state index >= 15 is 0 Å². The van der Waals surface area contributed by atoms with Crippen LogP contribution < -0.4 is 9.47 Å². The quantitative estimate of drug-likeness (QED) is 0.795. The van der Waals surface area contributed by atoms with Crippen LogP contribution in [0.15, 0.2) is 42.5 Å². The van der Waals surface area contributed by atoms with Gasteiger partial charge >= 0.3 is 0 Å². The summed E-state index contributed by atoms with van der Waals surface area (Å²) in [6.45, 7) is 2.04. The number of para-hydroxylation sites is 1. The monoisotopic (exact) mass is 295 g/mol. The summed E-state index contributed by atoms with van der Waals surface area (Å²) in [6.07, 6.45) is 0. The molecule has 22 heavy (non-hydrogen) atoms. The van der Waals surface area contributed by atoms with Gasteiger partial charge in [-0.3, -0.25) is 0 Å². The Morgan fingerprint density at radius 3 is 2.41 bits per heavy atom. The van der Waals surface area contributed by atoms with Crippen LogP contribution in [-0.4, -0.2) is 24.3 Å². The highest BCUT2D eigenvalue weighted by Gasteiger charge is 2.10. The maximum absolute atomic E-state index is 9.96. The molecule has 0 unspecified atom stereocenters. The highest BCUT2D eigenvalue weighted by Crippen LogP contribution is 2.33. The van der Waals surface area contributed by atoms with Crippen LogP contribution in [0.2, 0.25) is 0 Å². The van der Waals surface area contributed by atoms with Crippen LogP contribution in [0.25, 0.3) is 22.2 Å². The molecular weight excluding hydrogens is 278 g/mol. The van der Waals surface area contributed by atoms with Crippen molar-refractivity contribution in [1.82, 2.24) is 4.98 Å². The van der Waals surface area contributed by atoms with Gasteiger partial charge in [-0.2, -0.15) is 0 Å². The molecule has 0 atom stereocenters. The van der Waals surface area contributed by atoms with Crippen LogP contribution >= 0.6 is 0 Å². The standard InChI is InChI=1S/C18H17NO3/c1-11-9-14(12-7-8-16(21-2)15(20)10-12)19-18-13(11)5-4-6-17(18)22-3/h4-10,20H,1-3H3. The number of phenolic OH excluding ortho intramolecular Hbond substituents is 1.